The third-order valence-corrected chi connectivity index (χ3v) is 4.00. The Kier molecular flexibility index (Phi) is 4.21. The zero-order valence-corrected chi connectivity index (χ0v) is 12.2. The summed E-state index contributed by atoms with van der Waals surface area (Å²) in [6.45, 7) is 0.217. The number of methoxy groups -OCH3 is 1. The predicted octanol–water partition coefficient (Wildman–Crippen LogP) is -0.688. The van der Waals surface area contributed by atoms with E-state index in [2.05, 4.69) is 15.0 Å². The minimum atomic E-state index is -0.790. The van der Waals surface area contributed by atoms with Gasteiger partial charge in [0.1, 0.15) is 24.2 Å². The van der Waals surface area contributed by atoms with Gasteiger partial charge in [0.05, 0.1) is 19.0 Å². The Morgan fingerprint density at radius 2 is 2.23 bits per heavy atom. The van der Waals surface area contributed by atoms with Gasteiger partial charge in [0, 0.05) is 19.6 Å². The van der Waals surface area contributed by atoms with E-state index in [4.69, 9.17) is 15.2 Å². The Morgan fingerprint density at radius 1 is 1.41 bits per heavy atom. The lowest BCUT2D eigenvalue weighted by atomic mass is 9.96. The smallest absolute Gasteiger partial charge is 0.167 e. The molecule has 22 heavy (non-hydrogen) atoms. The number of rotatable bonds is 5. The normalized spacial score (nSPS) is 28.5. The average molecular weight is 309 g/mol. The first kappa shape index (κ1) is 15.1. The molecule has 0 radical (unpaired) electrons. The van der Waals surface area contributed by atoms with E-state index in [0.29, 0.717) is 24.2 Å². The van der Waals surface area contributed by atoms with Gasteiger partial charge in [-0.15, -0.1) is 0 Å². The standard InChI is InChI=1S/C13H19N5O4/c1-21-3-2-7-10(20)8(4-19)22-13(7)18-6-17-9-11(14)15-5-16-12(9)18/h5-8,10,13,19-20H,2-4H2,1H3,(H2,14,15,16)/t7-,8-,10+,13-/m1/s1. The molecule has 9 heteroatoms. The van der Waals surface area contributed by atoms with E-state index in [1.165, 1.54) is 6.33 Å². The van der Waals surface area contributed by atoms with Crippen molar-refractivity contribution in [2.75, 3.05) is 26.1 Å². The molecular weight excluding hydrogens is 290 g/mol. The number of hydrogen-bond donors (Lipinski definition) is 3. The summed E-state index contributed by atoms with van der Waals surface area (Å²) < 4.78 is 12.6. The molecule has 4 atom stereocenters. The molecule has 4 N–H and O–H groups in total. The fourth-order valence-corrected chi connectivity index (χ4v) is 2.85. The number of aliphatic hydroxyl groups excluding tert-OH is 2. The van der Waals surface area contributed by atoms with E-state index in [1.807, 2.05) is 0 Å². The summed E-state index contributed by atoms with van der Waals surface area (Å²) in [4.78, 5) is 12.3. The monoisotopic (exact) mass is 309 g/mol. The van der Waals surface area contributed by atoms with Crippen LogP contribution in [0.3, 0.4) is 0 Å². The number of aliphatic hydroxyl groups is 2. The van der Waals surface area contributed by atoms with Crippen LogP contribution in [0.5, 0.6) is 0 Å². The summed E-state index contributed by atoms with van der Waals surface area (Å²) in [5, 5.41) is 19.7. The summed E-state index contributed by atoms with van der Waals surface area (Å²) in [6.07, 6.45) is 1.56. The molecule has 2 aromatic rings. The Hall–Kier alpha value is -1.81. The summed E-state index contributed by atoms with van der Waals surface area (Å²) in [6, 6.07) is 0. The van der Waals surface area contributed by atoms with E-state index in [1.54, 1.807) is 18.0 Å². The first-order valence-corrected chi connectivity index (χ1v) is 7.03. The molecule has 0 bridgehead atoms. The minimum absolute atomic E-state index is 0.245. The minimum Gasteiger partial charge on any atom is -0.394 e. The van der Waals surface area contributed by atoms with Crippen LogP contribution in [-0.2, 0) is 9.47 Å². The molecule has 2 aromatic heterocycles. The highest BCUT2D eigenvalue weighted by Gasteiger charge is 2.44. The van der Waals surface area contributed by atoms with Crippen LogP contribution < -0.4 is 5.73 Å². The van der Waals surface area contributed by atoms with Crippen molar-refractivity contribution in [2.24, 2.45) is 5.92 Å². The molecule has 0 unspecified atom stereocenters. The number of imidazole rings is 1. The van der Waals surface area contributed by atoms with Crippen LogP contribution in [0.25, 0.3) is 11.2 Å². The number of nitrogens with two attached hydrogens (primary N) is 1. The van der Waals surface area contributed by atoms with Crippen LogP contribution in [-0.4, -0.2) is 62.3 Å². The topological polar surface area (TPSA) is 129 Å². The molecule has 0 aliphatic carbocycles. The number of aromatic nitrogens is 4. The van der Waals surface area contributed by atoms with Gasteiger partial charge >= 0.3 is 0 Å². The lowest BCUT2D eigenvalue weighted by Crippen LogP contribution is -2.30. The molecule has 0 aromatic carbocycles. The maximum atomic E-state index is 10.3. The summed E-state index contributed by atoms with van der Waals surface area (Å²) in [5.74, 6) is 0.0418. The maximum absolute atomic E-state index is 10.3. The summed E-state index contributed by atoms with van der Waals surface area (Å²) in [7, 11) is 1.60. The Balaban J connectivity index is 1.97. The highest BCUT2D eigenvalue weighted by Crippen LogP contribution is 2.38. The Labute approximate surface area is 126 Å². The number of hydrogen-bond acceptors (Lipinski definition) is 8. The number of nitrogen functional groups attached to an aromatic ring is 1. The summed E-state index contributed by atoms with van der Waals surface area (Å²) in [5.41, 5.74) is 6.80. The van der Waals surface area contributed by atoms with E-state index in [0.717, 1.165) is 0 Å². The molecule has 3 rings (SSSR count). The predicted molar refractivity (Wildman–Crippen MR) is 76.7 cm³/mol. The Bertz CT molecular complexity index is 648. The molecule has 1 saturated heterocycles. The SMILES string of the molecule is COCC[C@@H]1[C@H](O)[C@@H](CO)O[C@H]1n1cnc2c(N)ncnc21. The molecule has 0 spiro atoms. The zero-order chi connectivity index (χ0) is 15.7. The maximum Gasteiger partial charge on any atom is 0.167 e. The second-order valence-corrected chi connectivity index (χ2v) is 5.27. The van der Waals surface area contributed by atoms with Crippen molar-refractivity contribution in [3.63, 3.8) is 0 Å². The third-order valence-electron chi connectivity index (χ3n) is 4.00. The fraction of sp³-hybridized carbons (Fsp3) is 0.615. The van der Waals surface area contributed by atoms with Crippen LogP contribution in [0.2, 0.25) is 0 Å². The van der Waals surface area contributed by atoms with Crippen molar-refractivity contribution < 1.29 is 19.7 Å². The highest BCUT2D eigenvalue weighted by atomic mass is 16.5. The van der Waals surface area contributed by atoms with Crippen molar-refractivity contribution in [2.45, 2.75) is 24.9 Å². The second kappa shape index (κ2) is 6.13. The molecule has 1 fully saturated rings. The first-order chi connectivity index (χ1) is 10.7. The van der Waals surface area contributed by atoms with Gasteiger partial charge in [-0.25, -0.2) is 15.0 Å². The van der Waals surface area contributed by atoms with Crippen molar-refractivity contribution >= 4 is 17.0 Å². The zero-order valence-electron chi connectivity index (χ0n) is 12.2. The number of fused-ring (bicyclic) bond motifs is 1. The first-order valence-electron chi connectivity index (χ1n) is 7.03. The molecule has 1 aliphatic rings. The molecule has 1 aliphatic heterocycles. The van der Waals surface area contributed by atoms with Gasteiger partial charge in [-0.05, 0) is 6.42 Å². The lowest BCUT2D eigenvalue weighted by Gasteiger charge is -2.21. The van der Waals surface area contributed by atoms with Crippen LogP contribution in [0.4, 0.5) is 5.82 Å². The van der Waals surface area contributed by atoms with E-state index < -0.39 is 18.4 Å². The fourth-order valence-electron chi connectivity index (χ4n) is 2.85. The highest BCUT2D eigenvalue weighted by molar-refractivity contribution is 5.81. The molecule has 0 saturated carbocycles. The van der Waals surface area contributed by atoms with E-state index >= 15 is 0 Å². The molecule has 9 nitrogen and oxygen atoms in total. The molecule has 0 amide bonds. The van der Waals surface area contributed by atoms with Crippen LogP contribution in [0.1, 0.15) is 12.6 Å². The van der Waals surface area contributed by atoms with Gasteiger partial charge < -0.3 is 25.4 Å². The quantitative estimate of drug-likeness (QED) is 0.662. The Morgan fingerprint density at radius 3 is 2.95 bits per heavy atom. The van der Waals surface area contributed by atoms with Gasteiger partial charge in [0.2, 0.25) is 0 Å². The van der Waals surface area contributed by atoms with Crippen LogP contribution >= 0.6 is 0 Å². The van der Waals surface area contributed by atoms with Gasteiger partial charge in [0.25, 0.3) is 0 Å². The van der Waals surface area contributed by atoms with Crippen molar-refractivity contribution in [1.29, 1.82) is 0 Å². The molecule has 120 valence electrons. The molecular formula is C13H19N5O4. The summed E-state index contributed by atoms with van der Waals surface area (Å²) >= 11 is 0. The average Bonchev–Trinajstić information content (AvgIpc) is 3.07. The number of ether oxygens (including phenoxy) is 2. The lowest BCUT2D eigenvalue weighted by molar-refractivity contribution is -0.0456. The second-order valence-electron chi connectivity index (χ2n) is 5.27. The molecule has 3 heterocycles. The van der Waals surface area contributed by atoms with Crippen LogP contribution in [0.15, 0.2) is 12.7 Å². The van der Waals surface area contributed by atoms with Crippen molar-refractivity contribution in [3.05, 3.63) is 12.7 Å². The van der Waals surface area contributed by atoms with Crippen molar-refractivity contribution in [3.8, 4) is 0 Å². The van der Waals surface area contributed by atoms with Crippen molar-refractivity contribution in [1.82, 2.24) is 19.5 Å². The largest absolute Gasteiger partial charge is 0.394 e. The number of anilines is 1. The van der Waals surface area contributed by atoms with E-state index in [-0.39, 0.29) is 18.3 Å². The van der Waals surface area contributed by atoms with E-state index in [9.17, 15) is 10.2 Å². The van der Waals surface area contributed by atoms with Gasteiger partial charge in [-0.3, -0.25) is 4.57 Å². The number of nitrogens with zero attached hydrogens (tertiary/aromatic N) is 4. The van der Waals surface area contributed by atoms with Gasteiger partial charge in [-0.2, -0.15) is 0 Å². The third kappa shape index (κ3) is 2.41. The van der Waals surface area contributed by atoms with Crippen LogP contribution in [0, 0.1) is 5.92 Å². The van der Waals surface area contributed by atoms with Gasteiger partial charge in [-0.1, -0.05) is 0 Å². The van der Waals surface area contributed by atoms with Gasteiger partial charge in [0.15, 0.2) is 11.5 Å².